The molecule has 0 unspecified atom stereocenters. The zero-order chi connectivity index (χ0) is 13.1. The molecule has 0 spiro atoms. The number of halogens is 3. The normalized spacial score (nSPS) is 10.2. The molecule has 2 aromatic rings. The van der Waals surface area contributed by atoms with Crippen molar-refractivity contribution in [3.8, 4) is 0 Å². The number of nitrogens with zero attached hydrogens (tertiary/aromatic N) is 3. The molecule has 0 aliphatic rings. The molecule has 0 bridgehead atoms. The summed E-state index contributed by atoms with van der Waals surface area (Å²) in [6, 6.07) is 5.74. The second-order valence-corrected chi connectivity index (χ2v) is 5.27. The van der Waals surface area contributed by atoms with Gasteiger partial charge in [0.05, 0.1) is 5.69 Å². The molecule has 0 fully saturated rings. The number of hydrogen-bond donors (Lipinski definition) is 2. The van der Waals surface area contributed by atoms with Crippen molar-refractivity contribution in [3.05, 3.63) is 32.4 Å². The summed E-state index contributed by atoms with van der Waals surface area (Å²) >= 11 is 12.7. The predicted octanol–water partition coefficient (Wildman–Crippen LogP) is 3.84. The Bertz CT molecular complexity index is 558. The van der Waals surface area contributed by atoms with Crippen molar-refractivity contribution >= 4 is 61.0 Å². The molecule has 0 amide bonds. The van der Waals surface area contributed by atoms with Crippen molar-refractivity contribution < 1.29 is 0 Å². The molecule has 2 N–H and O–H groups in total. The molecule has 0 atom stereocenters. The third kappa shape index (κ3) is 3.09. The lowest BCUT2D eigenvalue weighted by Crippen LogP contribution is -2.04. The zero-order valence-corrected chi connectivity index (χ0v) is 13.1. The van der Waals surface area contributed by atoms with Gasteiger partial charge in [0.1, 0.15) is 0 Å². The number of para-hydroxylation sites is 1. The molecular formula is C10H8Br2ClN5. The summed E-state index contributed by atoms with van der Waals surface area (Å²) in [5.74, 6) is 0.771. The lowest BCUT2D eigenvalue weighted by atomic mass is 10.3. The smallest absolute Gasteiger partial charge is 0.233 e. The predicted molar refractivity (Wildman–Crippen MR) is 79.5 cm³/mol. The molecule has 0 saturated heterocycles. The van der Waals surface area contributed by atoms with Crippen LogP contribution in [0.5, 0.6) is 0 Å². The molecular weight excluding hydrogens is 385 g/mol. The SMILES string of the molecule is CNc1nc(Cl)nc(Nc2c(Br)cccc2Br)n1. The molecule has 8 heteroatoms. The molecule has 0 aliphatic carbocycles. The Labute approximate surface area is 126 Å². The minimum Gasteiger partial charge on any atom is -0.357 e. The maximum absolute atomic E-state index is 5.81. The highest BCUT2D eigenvalue weighted by molar-refractivity contribution is 9.11. The monoisotopic (exact) mass is 391 g/mol. The third-order valence-electron chi connectivity index (χ3n) is 2.03. The van der Waals surface area contributed by atoms with E-state index in [0.29, 0.717) is 11.9 Å². The largest absolute Gasteiger partial charge is 0.357 e. The number of benzene rings is 1. The summed E-state index contributed by atoms with van der Waals surface area (Å²) in [7, 11) is 1.71. The third-order valence-corrected chi connectivity index (χ3v) is 3.52. The van der Waals surface area contributed by atoms with Gasteiger partial charge in [0.25, 0.3) is 0 Å². The van der Waals surface area contributed by atoms with Crippen molar-refractivity contribution in [2.45, 2.75) is 0 Å². The summed E-state index contributed by atoms with van der Waals surface area (Å²) < 4.78 is 1.78. The molecule has 0 radical (unpaired) electrons. The van der Waals surface area contributed by atoms with Crippen LogP contribution in [0.15, 0.2) is 27.1 Å². The molecule has 1 aromatic heterocycles. The summed E-state index contributed by atoms with van der Waals surface area (Å²) in [4.78, 5) is 12.1. The van der Waals surface area contributed by atoms with E-state index in [2.05, 4.69) is 57.4 Å². The second-order valence-electron chi connectivity index (χ2n) is 3.22. The van der Waals surface area contributed by atoms with E-state index in [4.69, 9.17) is 11.6 Å². The number of rotatable bonds is 3. The van der Waals surface area contributed by atoms with Gasteiger partial charge in [0.15, 0.2) is 0 Å². The fourth-order valence-electron chi connectivity index (χ4n) is 1.25. The zero-order valence-electron chi connectivity index (χ0n) is 9.21. The molecule has 2 rings (SSSR count). The number of hydrogen-bond acceptors (Lipinski definition) is 5. The standard InChI is InChI=1S/C10H8Br2ClN5/c1-14-9-16-8(13)17-10(18-9)15-7-5(11)3-2-4-6(7)12/h2-4H,1H3,(H2,14,15,16,17,18). The molecule has 5 nitrogen and oxygen atoms in total. The number of anilines is 3. The highest BCUT2D eigenvalue weighted by atomic mass is 79.9. The van der Waals surface area contributed by atoms with E-state index in [0.717, 1.165) is 14.6 Å². The van der Waals surface area contributed by atoms with Gasteiger partial charge in [-0.15, -0.1) is 0 Å². The highest BCUT2D eigenvalue weighted by Gasteiger charge is 2.08. The lowest BCUT2D eigenvalue weighted by molar-refractivity contribution is 1.05. The van der Waals surface area contributed by atoms with Gasteiger partial charge < -0.3 is 10.6 Å². The fourth-order valence-corrected chi connectivity index (χ4v) is 2.60. The van der Waals surface area contributed by atoms with Gasteiger partial charge >= 0.3 is 0 Å². The van der Waals surface area contributed by atoms with Crippen molar-refractivity contribution in [2.75, 3.05) is 17.7 Å². The second kappa shape index (κ2) is 5.81. The van der Waals surface area contributed by atoms with E-state index in [1.807, 2.05) is 18.2 Å². The Morgan fingerprint density at radius 3 is 2.28 bits per heavy atom. The quantitative estimate of drug-likeness (QED) is 0.830. The van der Waals surface area contributed by atoms with Crippen LogP contribution >= 0.6 is 43.5 Å². The molecule has 1 heterocycles. The van der Waals surface area contributed by atoms with Crippen molar-refractivity contribution in [3.63, 3.8) is 0 Å². The Balaban J connectivity index is 2.37. The minimum absolute atomic E-state index is 0.125. The highest BCUT2D eigenvalue weighted by Crippen LogP contribution is 2.32. The Morgan fingerprint density at radius 1 is 1.06 bits per heavy atom. The van der Waals surface area contributed by atoms with Crippen molar-refractivity contribution in [1.82, 2.24) is 15.0 Å². The fraction of sp³-hybridized carbons (Fsp3) is 0.100. The van der Waals surface area contributed by atoms with E-state index in [1.165, 1.54) is 0 Å². The van der Waals surface area contributed by atoms with E-state index in [-0.39, 0.29) is 5.28 Å². The van der Waals surface area contributed by atoms with Gasteiger partial charge in [0, 0.05) is 16.0 Å². The van der Waals surface area contributed by atoms with Gasteiger partial charge in [0.2, 0.25) is 17.2 Å². The van der Waals surface area contributed by atoms with Crippen molar-refractivity contribution in [2.24, 2.45) is 0 Å². The maximum Gasteiger partial charge on any atom is 0.233 e. The lowest BCUT2D eigenvalue weighted by Gasteiger charge is -2.09. The Kier molecular flexibility index (Phi) is 4.36. The van der Waals surface area contributed by atoms with Crippen LogP contribution in [0.4, 0.5) is 17.6 Å². The van der Waals surface area contributed by atoms with Crippen LogP contribution in [0.1, 0.15) is 0 Å². The summed E-state index contributed by atoms with van der Waals surface area (Å²) in [5, 5.41) is 6.01. The molecule has 0 aliphatic heterocycles. The first-order chi connectivity index (χ1) is 8.60. The average molecular weight is 393 g/mol. The summed E-state index contributed by atoms with van der Waals surface area (Å²) in [6.07, 6.45) is 0. The Morgan fingerprint density at radius 2 is 1.67 bits per heavy atom. The van der Waals surface area contributed by atoms with Crippen LogP contribution in [-0.4, -0.2) is 22.0 Å². The first-order valence-corrected chi connectivity index (χ1v) is 6.87. The first kappa shape index (κ1) is 13.5. The van der Waals surface area contributed by atoms with Gasteiger partial charge in [-0.1, -0.05) is 6.07 Å². The van der Waals surface area contributed by atoms with Gasteiger partial charge in [-0.05, 0) is 55.6 Å². The number of aromatic nitrogens is 3. The molecule has 18 heavy (non-hydrogen) atoms. The summed E-state index contributed by atoms with van der Waals surface area (Å²) in [6.45, 7) is 0. The van der Waals surface area contributed by atoms with E-state index in [1.54, 1.807) is 7.05 Å². The average Bonchev–Trinajstić information content (AvgIpc) is 2.33. The van der Waals surface area contributed by atoms with Crippen LogP contribution in [0.3, 0.4) is 0 Å². The summed E-state index contributed by atoms with van der Waals surface area (Å²) in [5.41, 5.74) is 0.821. The molecule has 94 valence electrons. The van der Waals surface area contributed by atoms with Crippen LogP contribution in [0.25, 0.3) is 0 Å². The van der Waals surface area contributed by atoms with Crippen LogP contribution in [0.2, 0.25) is 5.28 Å². The van der Waals surface area contributed by atoms with Gasteiger partial charge in [-0.2, -0.15) is 15.0 Å². The van der Waals surface area contributed by atoms with Crippen molar-refractivity contribution in [1.29, 1.82) is 0 Å². The van der Waals surface area contributed by atoms with E-state index in [9.17, 15) is 0 Å². The molecule has 1 aromatic carbocycles. The van der Waals surface area contributed by atoms with E-state index >= 15 is 0 Å². The first-order valence-electron chi connectivity index (χ1n) is 4.90. The number of nitrogens with one attached hydrogen (secondary N) is 2. The maximum atomic E-state index is 5.81. The van der Waals surface area contributed by atoms with Crippen LogP contribution in [-0.2, 0) is 0 Å². The topological polar surface area (TPSA) is 62.7 Å². The minimum atomic E-state index is 0.125. The van der Waals surface area contributed by atoms with Gasteiger partial charge in [-0.3, -0.25) is 0 Å². The van der Waals surface area contributed by atoms with E-state index < -0.39 is 0 Å². The van der Waals surface area contributed by atoms with Gasteiger partial charge in [-0.25, -0.2) is 0 Å². The Hall–Kier alpha value is -0.920. The van der Waals surface area contributed by atoms with Crippen LogP contribution in [0, 0.1) is 0 Å². The van der Waals surface area contributed by atoms with Crippen LogP contribution < -0.4 is 10.6 Å². The molecule has 0 saturated carbocycles.